The van der Waals surface area contributed by atoms with Crippen molar-refractivity contribution in [2.45, 2.75) is 31.3 Å². The lowest BCUT2D eigenvalue weighted by Gasteiger charge is -2.22. The molecule has 1 aliphatic rings. The van der Waals surface area contributed by atoms with E-state index in [0.29, 0.717) is 13.0 Å². The smallest absolute Gasteiger partial charge is 0.316 e. The second-order valence-electron chi connectivity index (χ2n) is 6.08. The molecule has 3 amide bonds. The Bertz CT molecular complexity index is 666. The zero-order chi connectivity index (χ0) is 17.5. The van der Waals surface area contributed by atoms with E-state index < -0.39 is 6.04 Å². The zero-order valence-corrected chi connectivity index (χ0v) is 13.9. The van der Waals surface area contributed by atoms with Gasteiger partial charge in [-0.15, -0.1) is 0 Å². The Kier molecular flexibility index (Phi) is 5.61. The summed E-state index contributed by atoms with van der Waals surface area (Å²) in [5, 5.41) is 8.61. The second-order valence-corrected chi connectivity index (χ2v) is 6.08. The molecule has 3 rings (SSSR count). The lowest BCUT2D eigenvalue weighted by molar-refractivity contribution is -0.122. The van der Waals surface area contributed by atoms with Crippen molar-refractivity contribution in [3.05, 3.63) is 66.0 Å². The van der Waals surface area contributed by atoms with Crippen LogP contribution in [0, 0.1) is 0 Å². The Hall–Kier alpha value is -2.89. The molecular weight excluding hydrogens is 316 g/mol. The first kappa shape index (κ1) is 17.0. The van der Waals surface area contributed by atoms with Gasteiger partial charge in [0.2, 0.25) is 5.91 Å². The van der Waals surface area contributed by atoms with E-state index in [1.807, 2.05) is 42.5 Å². The van der Waals surface area contributed by atoms with E-state index in [1.165, 1.54) is 0 Å². The number of aromatic nitrogens is 1. The van der Waals surface area contributed by atoms with Crippen LogP contribution in [0.1, 0.15) is 36.4 Å². The number of hydrogen-bond donors (Lipinski definition) is 3. The fourth-order valence-corrected chi connectivity index (χ4v) is 2.97. The molecule has 1 saturated heterocycles. The van der Waals surface area contributed by atoms with Gasteiger partial charge in [-0.25, -0.2) is 4.79 Å². The minimum Gasteiger partial charge on any atom is -0.354 e. The van der Waals surface area contributed by atoms with Gasteiger partial charge in [-0.1, -0.05) is 30.3 Å². The Morgan fingerprint density at radius 2 is 1.80 bits per heavy atom. The molecular formula is C19H22N4O2. The molecule has 6 nitrogen and oxygen atoms in total. The summed E-state index contributed by atoms with van der Waals surface area (Å²) in [6.07, 6.45) is 5.91. The minimum atomic E-state index is -0.489. The van der Waals surface area contributed by atoms with Crippen molar-refractivity contribution in [1.29, 1.82) is 0 Å². The van der Waals surface area contributed by atoms with Crippen molar-refractivity contribution in [3.63, 3.8) is 0 Å². The number of urea groups is 1. The minimum absolute atomic E-state index is 0.118. The standard InChI is InChI=1S/C19H22N4O2/c24-18-16(8-4-5-11-21-18)22-19(25)23-17(14-6-2-1-3-7-14)15-9-12-20-13-10-15/h1-3,6-7,9-10,12-13,16-17H,4-5,8,11H2,(H,21,24)(H2,22,23,25)/t16-,17+/m0/s1. The van der Waals surface area contributed by atoms with Crippen molar-refractivity contribution in [2.75, 3.05) is 6.54 Å². The highest BCUT2D eigenvalue weighted by Gasteiger charge is 2.24. The zero-order valence-electron chi connectivity index (χ0n) is 13.9. The first-order valence-electron chi connectivity index (χ1n) is 8.53. The summed E-state index contributed by atoms with van der Waals surface area (Å²) in [7, 11) is 0. The van der Waals surface area contributed by atoms with Crippen LogP contribution >= 0.6 is 0 Å². The summed E-state index contributed by atoms with van der Waals surface area (Å²) < 4.78 is 0. The average Bonchev–Trinajstić information content (AvgIpc) is 2.86. The van der Waals surface area contributed by atoms with Crippen LogP contribution in [0.3, 0.4) is 0 Å². The van der Waals surface area contributed by atoms with E-state index in [9.17, 15) is 9.59 Å². The predicted octanol–water partition coefficient (Wildman–Crippen LogP) is 2.14. The molecule has 1 aromatic heterocycles. The summed E-state index contributed by atoms with van der Waals surface area (Å²) in [6, 6.07) is 12.3. The number of benzene rings is 1. The van der Waals surface area contributed by atoms with Crippen molar-refractivity contribution in [2.24, 2.45) is 0 Å². The molecule has 6 heteroatoms. The Balaban J connectivity index is 1.74. The summed E-state index contributed by atoms with van der Waals surface area (Å²) in [5.74, 6) is -0.118. The van der Waals surface area contributed by atoms with Crippen LogP contribution < -0.4 is 16.0 Å². The average molecular weight is 338 g/mol. The highest BCUT2D eigenvalue weighted by molar-refractivity contribution is 5.87. The SMILES string of the molecule is O=C(N[C@H](c1ccccc1)c1ccncc1)N[C@H]1CCCCNC1=O. The van der Waals surface area contributed by atoms with Gasteiger partial charge in [0.05, 0.1) is 6.04 Å². The van der Waals surface area contributed by atoms with Crippen LogP contribution in [-0.2, 0) is 4.79 Å². The van der Waals surface area contributed by atoms with Crippen molar-refractivity contribution >= 4 is 11.9 Å². The van der Waals surface area contributed by atoms with Gasteiger partial charge in [-0.05, 0) is 42.5 Å². The van der Waals surface area contributed by atoms with Crippen molar-refractivity contribution in [3.8, 4) is 0 Å². The molecule has 2 aromatic rings. The van der Waals surface area contributed by atoms with E-state index in [1.54, 1.807) is 12.4 Å². The van der Waals surface area contributed by atoms with Gasteiger partial charge in [0.15, 0.2) is 0 Å². The Labute approximate surface area is 147 Å². The normalized spacial score (nSPS) is 18.6. The number of nitrogens with one attached hydrogen (secondary N) is 3. The summed E-state index contributed by atoms with van der Waals surface area (Å²) in [6.45, 7) is 0.669. The van der Waals surface area contributed by atoms with Crippen molar-refractivity contribution < 1.29 is 9.59 Å². The van der Waals surface area contributed by atoms with Crippen LogP contribution in [0.2, 0.25) is 0 Å². The summed E-state index contributed by atoms with van der Waals surface area (Å²) >= 11 is 0. The number of pyridine rings is 1. The lowest BCUT2D eigenvalue weighted by Crippen LogP contribution is -2.49. The van der Waals surface area contributed by atoms with Gasteiger partial charge in [-0.3, -0.25) is 9.78 Å². The maximum atomic E-state index is 12.5. The Morgan fingerprint density at radius 1 is 1.08 bits per heavy atom. The van der Waals surface area contributed by atoms with Gasteiger partial charge in [-0.2, -0.15) is 0 Å². The van der Waals surface area contributed by atoms with Crippen LogP contribution in [0.4, 0.5) is 4.79 Å². The second kappa shape index (κ2) is 8.28. The molecule has 0 radical (unpaired) electrons. The Morgan fingerprint density at radius 3 is 2.56 bits per heavy atom. The first-order valence-corrected chi connectivity index (χ1v) is 8.53. The maximum Gasteiger partial charge on any atom is 0.316 e. The molecule has 1 aliphatic heterocycles. The molecule has 1 aromatic carbocycles. The summed E-state index contributed by atoms with van der Waals surface area (Å²) in [5.41, 5.74) is 1.90. The topological polar surface area (TPSA) is 83.1 Å². The number of carbonyl (C=O) groups excluding carboxylic acids is 2. The van der Waals surface area contributed by atoms with Crippen LogP contribution in [0.15, 0.2) is 54.9 Å². The van der Waals surface area contributed by atoms with E-state index >= 15 is 0 Å². The van der Waals surface area contributed by atoms with Crippen LogP contribution in [-0.4, -0.2) is 29.5 Å². The third-order valence-electron chi connectivity index (χ3n) is 4.29. The van der Waals surface area contributed by atoms with Gasteiger partial charge < -0.3 is 16.0 Å². The van der Waals surface area contributed by atoms with E-state index in [4.69, 9.17) is 0 Å². The van der Waals surface area contributed by atoms with Gasteiger partial charge in [0.1, 0.15) is 6.04 Å². The van der Waals surface area contributed by atoms with Crippen molar-refractivity contribution in [1.82, 2.24) is 20.9 Å². The van der Waals surface area contributed by atoms with E-state index in [-0.39, 0.29) is 18.0 Å². The molecule has 0 spiro atoms. The molecule has 0 aliphatic carbocycles. The largest absolute Gasteiger partial charge is 0.354 e. The third kappa shape index (κ3) is 4.56. The predicted molar refractivity (Wildman–Crippen MR) is 94.8 cm³/mol. The lowest BCUT2D eigenvalue weighted by atomic mass is 10.00. The number of hydrogen-bond acceptors (Lipinski definition) is 3. The highest BCUT2D eigenvalue weighted by atomic mass is 16.2. The van der Waals surface area contributed by atoms with Gasteiger partial charge in [0, 0.05) is 18.9 Å². The molecule has 2 heterocycles. The highest BCUT2D eigenvalue weighted by Crippen LogP contribution is 2.21. The number of carbonyl (C=O) groups is 2. The molecule has 25 heavy (non-hydrogen) atoms. The fraction of sp³-hybridized carbons (Fsp3) is 0.316. The number of amides is 3. The number of rotatable bonds is 4. The van der Waals surface area contributed by atoms with Gasteiger partial charge >= 0.3 is 6.03 Å². The van der Waals surface area contributed by atoms with E-state index in [0.717, 1.165) is 24.0 Å². The fourth-order valence-electron chi connectivity index (χ4n) is 2.97. The van der Waals surface area contributed by atoms with Crippen LogP contribution in [0.5, 0.6) is 0 Å². The molecule has 1 fully saturated rings. The number of nitrogens with zero attached hydrogens (tertiary/aromatic N) is 1. The van der Waals surface area contributed by atoms with Crippen LogP contribution in [0.25, 0.3) is 0 Å². The molecule has 0 bridgehead atoms. The van der Waals surface area contributed by atoms with E-state index in [2.05, 4.69) is 20.9 Å². The van der Waals surface area contributed by atoms with Gasteiger partial charge in [0.25, 0.3) is 0 Å². The molecule has 0 saturated carbocycles. The first-order chi connectivity index (χ1) is 12.2. The molecule has 130 valence electrons. The monoisotopic (exact) mass is 338 g/mol. The quantitative estimate of drug-likeness (QED) is 0.799. The molecule has 0 unspecified atom stereocenters. The molecule has 3 N–H and O–H groups in total. The molecule has 2 atom stereocenters. The third-order valence-corrected chi connectivity index (χ3v) is 4.29. The summed E-state index contributed by atoms with van der Waals surface area (Å²) in [4.78, 5) is 28.6. The maximum absolute atomic E-state index is 12.5.